The van der Waals surface area contributed by atoms with E-state index in [9.17, 15) is 8.78 Å². The van der Waals surface area contributed by atoms with E-state index >= 15 is 0 Å². The predicted molar refractivity (Wildman–Crippen MR) is 87.6 cm³/mol. The van der Waals surface area contributed by atoms with E-state index in [1.165, 1.54) is 7.11 Å². The van der Waals surface area contributed by atoms with Gasteiger partial charge in [-0.15, -0.1) is 0 Å². The second-order valence-corrected chi connectivity index (χ2v) is 4.89. The molecule has 0 fully saturated rings. The Morgan fingerprint density at radius 2 is 1.96 bits per heavy atom. The lowest BCUT2D eigenvalue weighted by atomic mass is 10.1. The first-order valence-electron chi connectivity index (χ1n) is 7.67. The number of rotatable bonds is 9. The fourth-order valence-corrected chi connectivity index (χ4v) is 1.99. The minimum absolute atomic E-state index is 0.0467. The number of hydrogen-bond acceptors (Lipinski definition) is 3. The molecule has 2 N–H and O–H groups in total. The summed E-state index contributed by atoms with van der Waals surface area (Å²) in [6, 6.07) is 5.02. The number of aliphatic imine (C=N–C) groups is 1. The third kappa shape index (κ3) is 7.17. The number of methoxy groups -OCH3 is 1. The second kappa shape index (κ2) is 10.6. The van der Waals surface area contributed by atoms with E-state index in [4.69, 9.17) is 4.74 Å². The molecule has 23 heavy (non-hydrogen) atoms. The molecule has 0 saturated heterocycles. The van der Waals surface area contributed by atoms with Gasteiger partial charge in [0.2, 0.25) is 0 Å². The van der Waals surface area contributed by atoms with E-state index in [0.717, 1.165) is 30.9 Å². The summed E-state index contributed by atoms with van der Waals surface area (Å²) in [7, 11) is 3.13. The molecule has 0 saturated carbocycles. The Morgan fingerprint density at radius 1 is 1.22 bits per heavy atom. The van der Waals surface area contributed by atoms with Crippen molar-refractivity contribution in [2.75, 3.05) is 27.2 Å². The summed E-state index contributed by atoms with van der Waals surface area (Å²) in [6.07, 6.45) is 2.84. The molecule has 0 aromatic heterocycles. The van der Waals surface area contributed by atoms with Gasteiger partial charge in [0.25, 0.3) is 0 Å². The predicted octanol–water partition coefficient (Wildman–Crippen LogP) is 2.80. The smallest absolute Gasteiger partial charge is 0.387 e. The quantitative estimate of drug-likeness (QED) is 0.416. The molecule has 0 amide bonds. The number of benzene rings is 1. The number of halogens is 2. The number of ether oxygens (including phenoxy) is 2. The Labute approximate surface area is 136 Å². The van der Waals surface area contributed by atoms with Gasteiger partial charge >= 0.3 is 6.61 Å². The molecule has 0 aliphatic heterocycles. The fourth-order valence-electron chi connectivity index (χ4n) is 1.99. The molecule has 1 rings (SSSR count). The van der Waals surface area contributed by atoms with Crippen molar-refractivity contribution in [2.45, 2.75) is 32.8 Å². The zero-order valence-corrected chi connectivity index (χ0v) is 13.9. The lowest BCUT2D eigenvalue weighted by Gasteiger charge is -2.13. The van der Waals surface area contributed by atoms with Crippen LogP contribution in [0.2, 0.25) is 0 Å². The van der Waals surface area contributed by atoms with Crippen LogP contribution in [0.25, 0.3) is 0 Å². The first kappa shape index (κ1) is 19.0. The first-order chi connectivity index (χ1) is 11.1. The third-order valence-electron chi connectivity index (χ3n) is 3.20. The van der Waals surface area contributed by atoms with E-state index in [-0.39, 0.29) is 5.75 Å². The molecule has 0 heterocycles. The molecule has 0 unspecified atom stereocenters. The van der Waals surface area contributed by atoms with Crippen LogP contribution in [0.3, 0.4) is 0 Å². The van der Waals surface area contributed by atoms with Gasteiger partial charge < -0.3 is 20.1 Å². The molecule has 1 aromatic rings. The molecule has 0 atom stereocenters. The fraction of sp³-hybridized carbons (Fsp3) is 0.562. The standard InChI is InChI=1S/C16H25F2N3O2/c1-4-5-9-20-16(19-2)21-10-8-12-6-7-13(22-3)14(11-12)23-15(17)18/h6-7,11,15H,4-5,8-10H2,1-3H3,(H2,19,20,21). The summed E-state index contributed by atoms with van der Waals surface area (Å²) < 4.78 is 34.3. The minimum atomic E-state index is -2.88. The summed E-state index contributed by atoms with van der Waals surface area (Å²) >= 11 is 0. The molecule has 5 nitrogen and oxygen atoms in total. The van der Waals surface area contributed by atoms with Crippen LogP contribution in [0.1, 0.15) is 25.3 Å². The Kier molecular flexibility index (Phi) is 8.79. The van der Waals surface area contributed by atoms with Crippen LogP contribution in [0.4, 0.5) is 8.78 Å². The number of hydrogen-bond donors (Lipinski definition) is 2. The summed E-state index contributed by atoms with van der Waals surface area (Å²) in [4.78, 5) is 4.13. The second-order valence-electron chi connectivity index (χ2n) is 4.89. The monoisotopic (exact) mass is 329 g/mol. The van der Waals surface area contributed by atoms with Gasteiger partial charge in [-0.3, -0.25) is 4.99 Å². The molecule has 0 bridgehead atoms. The number of nitrogens with zero attached hydrogens (tertiary/aromatic N) is 1. The van der Waals surface area contributed by atoms with Crippen molar-refractivity contribution in [1.29, 1.82) is 0 Å². The van der Waals surface area contributed by atoms with Gasteiger partial charge in [0.15, 0.2) is 17.5 Å². The molecule has 0 aliphatic rings. The summed E-state index contributed by atoms with van der Waals surface area (Å²) in [5, 5.41) is 6.39. The van der Waals surface area contributed by atoms with Crippen LogP contribution in [0.15, 0.2) is 23.2 Å². The van der Waals surface area contributed by atoms with Crippen LogP contribution in [-0.4, -0.2) is 39.8 Å². The maximum atomic E-state index is 12.4. The van der Waals surface area contributed by atoms with Crippen molar-refractivity contribution >= 4 is 5.96 Å². The number of nitrogens with one attached hydrogen (secondary N) is 2. The molecule has 0 radical (unpaired) electrons. The SMILES string of the molecule is CCCCNC(=NC)NCCc1ccc(OC)c(OC(F)F)c1. The third-order valence-corrected chi connectivity index (χ3v) is 3.20. The summed E-state index contributed by atoms with van der Waals surface area (Å²) in [6.45, 7) is 0.747. The highest BCUT2D eigenvalue weighted by Crippen LogP contribution is 2.29. The van der Waals surface area contributed by atoms with Crippen molar-refractivity contribution in [1.82, 2.24) is 10.6 Å². The van der Waals surface area contributed by atoms with Crippen LogP contribution >= 0.6 is 0 Å². The lowest BCUT2D eigenvalue weighted by molar-refractivity contribution is -0.0512. The highest BCUT2D eigenvalue weighted by Gasteiger charge is 2.11. The van der Waals surface area contributed by atoms with Crippen molar-refractivity contribution in [3.8, 4) is 11.5 Å². The van der Waals surface area contributed by atoms with Gasteiger partial charge in [0.05, 0.1) is 7.11 Å². The topological polar surface area (TPSA) is 54.9 Å². The maximum absolute atomic E-state index is 12.4. The van der Waals surface area contributed by atoms with Crippen molar-refractivity contribution in [3.05, 3.63) is 23.8 Å². The molecule has 0 spiro atoms. The van der Waals surface area contributed by atoms with Gasteiger partial charge in [-0.25, -0.2) is 0 Å². The van der Waals surface area contributed by atoms with Crippen molar-refractivity contribution in [3.63, 3.8) is 0 Å². The summed E-state index contributed by atoms with van der Waals surface area (Å²) in [5.41, 5.74) is 0.873. The highest BCUT2D eigenvalue weighted by atomic mass is 19.3. The van der Waals surface area contributed by atoms with Crippen LogP contribution in [-0.2, 0) is 6.42 Å². The molecule has 1 aromatic carbocycles. The average molecular weight is 329 g/mol. The van der Waals surface area contributed by atoms with Gasteiger partial charge in [0, 0.05) is 20.1 Å². The van der Waals surface area contributed by atoms with E-state index < -0.39 is 6.61 Å². The average Bonchev–Trinajstić information content (AvgIpc) is 2.53. The first-order valence-corrected chi connectivity index (χ1v) is 7.67. The zero-order chi connectivity index (χ0) is 17.1. The van der Waals surface area contributed by atoms with E-state index in [1.54, 1.807) is 19.2 Å². The van der Waals surface area contributed by atoms with E-state index in [0.29, 0.717) is 18.7 Å². The van der Waals surface area contributed by atoms with Crippen LogP contribution in [0, 0.1) is 0 Å². The maximum Gasteiger partial charge on any atom is 0.387 e. The normalized spacial score (nSPS) is 11.5. The largest absolute Gasteiger partial charge is 0.493 e. The van der Waals surface area contributed by atoms with Crippen molar-refractivity contribution < 1.29 is 18.3 Å². The molecular formula is C16H25F2N3O2. The Balaban J connectivity index is 2.53. The summed E-state index contributed by atoms with van der Waals surface area (Å²) in [5.74, 6) is 1.07. The number of alkyl halides is 2. The lowest BCUT2D eigenvalue weighted by Crippen LogP contribution is -2.38. The van der Waals surface area contributed by atoms with E-state index in [1.807, 2.05) is 6.07 Å². The van der Waals surface area contributed by atoms with Crippen LogP contribution < -0.4 is 20.1 Å². The molecule has 130 valence electrons. The molecule has 7 heteroatoms. The minimum Gasteiger partial charge on any atom is -0.493 e. The van der Waals surface area contributed by atoms with E-state index in [2.05, 4.69) is 27.3 Å². The van der Waals surface area contributed by atoms with Crippen molar-refractivity contribution in [2.24, 2.45) is 4.99 Å². The number of unbranched alkanes of at least 4 members (excludes halogenated alkanes) is 1. The Morgan fingerprint density at radius 3 is 2.57 bits per heavy atom. The Hall–Kier alpha value is -2.05. The van der Waals surface area contributed by atoms with Gasteiger partial charge in [-0.2, -0.15) is 8.78 Å². The zero-order valence-electron chi connectivity index (χ0n) is 13.9. The molecular weight excluding hydrogens is 304 g/mol. The molecule has 0 aliphatic carbocycles. The Bertz CT molecular complexity index is 496. The van der Waals surface area contributed by atoms with Gasteiger partial charge in [-0.1, -0.05) is 19.4 Å². The number of guanidine groups is 1. The highest BCUT2D eigenvalue weighted by molar-refractivity contribution is 5.79. The van der Waals surface area contributed by atoms with Gasteiger partial charge in [0.1, 0.15) is 0 Å². The van der Waals surface area contributed by atoms with Gasteiger partial charge in [-0.05, 0) is 30.5 Å². The van der Waals surface area contributed by atoms with Crippen LogP contribution in [0.5, 0.6) is 11.5 Å².